The quantitative estimate of drug-likeness (QED) is 0.163. The van der Waals surface area contributed by atoms with E-state index in [1.807, 2.05) is 44.2 Å². The highest BCUT2D eigenvalue weighted by Gasteiger charge is 2.57. The zero-order valence-electron chi connectivity index (χ0n) is 29.8. The number of allylic oxidation sites excluding steroid dienone is 2. The Balaban J connectivity index is 1.59. The fourth-order valence-corrected chi connectivity index (χ4v) is 7.78. The number of rotatable bonds is 9. The van der Waals surface area contributed by atoms with E-state index in [1.54, 1.807) is 37.3 Å². The van der Waals surface area contributed by atoms with Crippen molar-refractivity contribution in [1.29, 1.82) is 0 Å². The summed E-state index contributed by atoms with van der Waals surface area (Å²) in [6.45, 7) is 8.34. The van der Waals surface area contributed by atoms with Crippen LogP contribution in [0.25, 0.3) is 0 Å². The molecule has 2 bridgehead atoms. The lowest BCUT2D eigenvalue weighted by Crippen LogP contribution is -2.55. The molecule has 1 aromatic heterocycles. The molecular formula is C40H52N2O7. The van der Waals surface area contributed by atoms with E-state index in [4.69, 9.17) is 13.9 Å². The number of aliphatic hydroxyl groups is 2. The number of urea groups is 1. The van der Waals surface area contributed by atoms with Crippen LogP contribution in [0, 0.1) is 5.41 Å². The van der Waals surface area contributed by atoms with Gasteiger partial charge in [0.05, 0.1) is 45.3 Å². The predicted molar refractivity (Wildman–Crippen MR) is 189 cm³/mol. The molecule has 1 fully saturated rings. The van der Waals surface area contributed by atoms with Crippen LogP contribution in [0.1, 0.15) is 105 Å². The number of fused-ring (bicyclic) bond motifs is 8. The molecule has 3 aromatic rings. The van der Waals surface area contributed by atoms with Crippen molar-refractivity contribution in [1.82, 2.24) is 10.2 Å². The van der Waals surface area contributed by atoms with Crippen molar-refractivity contribution in [2.24, 2.45) is 5.41 Å². The number of benzene rings is 2. The molecule has 4 atom stereocenters. The lowest BCUT2D eigenvalue weighted by atomic mass is 9.64. The van der Waals surface area contributed by atoms with Crippen LogP contribution in [0.2, 0.25) is 0 Å². The fourth-order valence-electron chi connectivity index (χ4n) is 7.78. The highest BCUT2D eigenvalue weighted by Crippen LogP contribution is 2.59. The Bertz CT molecular complexity index is 1650. The Morgan fingerprint density at radius 3 is 2.57 bits per heavy atom. The monoisotopic (exact) mass is 672 g/mol. The molecule has 3 aliphatic rings. The summed E-state index contributed by atoms with van der Waals surface area (Å²) >= 11 is 0. The van der Waals surface area contributed by atoms with Gasteiger partial charge in [0.2, 0.25) is 5.78 Å². The van der Waals surface area contributed by atoms with Crippen molar-refractivity contribution in [3.63, 3.8) is 0 Å². The van der Waals surface area contributed by atoms with Crippen LogP contribution in [0.4, 0.5) is 4.79 Å². The van der Waals surface area contributed by atoms with Gasteiger partial charge < -0.3 is 34.3 Å². The average molecular weight is 673 g/mol. The third kappa shape index (κ3) is 7.89. The van der Waals surface area contributed by atoms with Crippen molar-refractivity contribution >= 4 is 11.8 Å². The molecule has 4 unspecified atom stereocenters. The molecule has 0 saturated heterocycles. The minimum Gasteiger partial charge on any atom is -0.497 e. The minimum atomic E-state index is -1.29. The summed E-state index contributed by atoms with van der Waals surface area (Å²) < 4.78 is 16.6. The number of nitrogens with one attached hydrogen (secondary N) is 1. The molecule has 1 saturated carbocycles. The lowest BCUT2D eigenvalue weighted by Gasteiger charge is -2.46. The molecule has 3 N–H and O–H groups in total. The maximum atomic E-state index is 14.0. The number of nitrogens with zero attached hydrogens (tertiary/aromatic N) is 1. The van der Waals surface area contributed by atoms with Gasteiger partial charge in [-0.1, -0.05) is 30.7 Å². The number of hydrogen-bond donors (Lipinski definition) is 3. The van der Waals surface area contributed by atoms with Gasteiger partial charge in [-0.15, -0.1) is 0 Å². The topological polar surface area (TPSA) is 121 Å². The van der Waals surface area contributed by atoms with Crippen LogP contribution < -0.4 is 14.8 Å². The van der Waals surface area contributed by atoms with Gasteiger partial charge in [0.25, 0.3) is 0 Å². The zero-order valence-corrected chi connectivity index (χ0v) is 29.8. The summed E-state index contributed by atoms with van der Waals surface area (Å²) in [4.78, 5) is 29.5. The number of aliphatic hydroxyl groups excluding tert-OH is 1. The van der Waals surface area contributed by atoms with E-state index >= 15 is 0 Å². The second kappa shape index (κ2) is 15.2. The Kier molecular flexibility index (Phi) is 11.2. The molecule has 9 heteroatoms. The van der Waals surface area contributed by atoms with E-state index in [1.165, 1.54) is 11.8 Å². The molecule has 0 spiro atoms. The van der Waals surface area contributed by atoms with Gasteiger partial charge in [0, 0.05) is 28.7 Å². The number of hydrogen-bond acceptors (Lipinski definition) is 7. The molecule has 0 radical (unpaired) electrons. The molecule has 2 aromatic carbocycles. The maximum absolute atomic E-state index is 14.0. The first-order valence-corrected chi connectivity index (χ1v) is 17.4. The number of furan rings is 1. The van der Waals surface area contributed by atoms with Crippen LogP contribution in [-0.4, -0.2) is 65.4 Å². The Labute approximate surface area is 290 Å². The van der Waals surface area contributed by atoms with Crippen molar-refractivity contribution in [2.45, 2.75) is 103 Å². The zero-order chi connectivity index (χ0) is 35.3. The first-order valence-electron chi connectivity index (χ1n) is 17.4. The van der Waals surface area contributed by atoms with E-state index in [-0.39, 0.29) is 42.6 Å². The third-order valence-corrected chi connectivity index (χ3v) is 10.7. The summed E-state index contributed by atoms with van der Waals surface area (Å²) in [6.07, 6.45) is 7.40. The van der Waals surface area contributed by atoms with E-state index in [9.17, 15) is 19.8 Å². The largest absolute Gasteiger partial charge is 0.497 e. The molecule has 6 rings (SSSR count). The van der Waals surface area contributed by atoms with Gasteiger partial charge in [-0.3, -0.25) is 4.79 Å². The second-order valence-electron chi connectivity index (χ2n) is 14.4. The van der Waals surface area contributed by atoms with Crippen LogP contribution in [-0.2, 0) is 13.0 Å². The summed E-state index contributed by atoms with van der Waals surface area (Å²) in [5, 5.41) is 26.8. The van der Waals surface area contributed by atoms with E-state index in [0.717, 1.165) is 23.1 Å². The van der Waals surface area contributed by atoms with Gasteiger partial charge in [-0.2, -0.15) is 0 Å². The molecule has 2 amide bonds. The smallest absolute Gasteiger partial charge is 0.317 e. The van der Waals surface area contributed by atoms with Gasteiger partial charge >= 0.3 is 6.03 Å². The first-order chi connectivity index (χ1) is 23.4. The Hall–Kier alpha value is -4.08. The van der Waals surface area contributed by atoms with Crippen molar-refractivity contribution in [3.05, 3.63) is 94.5 Å². The molecule has 3 aliphatic carbocycles. The van der Waals surface area contributed by atoms with Gasteiger partial charge in [0.15, 0.2) is 5.76 Å². The summed E-state index contributed by atoms with van der Waals surface area (Å²) in [6, 6.07) is 14.4. The normalized spacial score (nSPS) is 24.1. The van der Waals surface area contributed by atoms with Gasteiger partial charge in [0.1, 0.15) is 11.5 Å². The lowest BCUT2D eigenvalue weighted by molar-refractivity contribution is -0.0781. The van der Waals surface area contributed by atoms with E-state index < -0.39 is 17.1 Å². The molecule has 9 nitrogen and oxygen atoms in total. The highest BCUT2D eigenvalue weighted by molar-refractivity contribution is 6.08. The molecular weight excluding hydrogens is 620 g/mol. The number of ether oxygens (including phenoxy) is 2. The molecule has 49 heavy (non-hydrogen) atoms. The molecule has 1 heterocycles. The number of ketones is 1. The Morgan fingerprint density at radius 1 is 1.08 bits per heavy atom. The Morgan fingerprint density at radius 2 is 1.88 bits per heavy atom. The second-order valence-corrected chi connectivity index (χ2v) is 14.4. The third-order valence-electron chi connectivity index (χ3n) is 10.7. The number of methoxy groups -OCH3 is 2. The number of carbonyl (C=O) groups is 2. The fraction of sp³-hybridized carbons (Fsp3) is 0.500. The summed E-state index contributed by atoms with van der Waals surface area (Å²) in [7, 11) is 3.18. The van der Waals surface area contributed by atoms with Crippen molar-refractivity contribution in [2.75, 3.05) is 20.8 Å². The van der Waals surface area contributed by atoms with E-state index in [2.05, 4.69) is 25.2 Å². The van der Waals surface area contributed by atoms with Crippen LogP contribution in [0.5, 0.6) is 11.5 Å². The van der Waals surface area contributed by atoms with Crippen LogP contribution in [0.3, 0.4) is 0 Å². The van der Waals surface area contributed by atoms with E-state index in [0.29, 0.717) is 55.6 Å². The number of amides is 2. The van der Waals surface area contributed by atoms with Crippen molar-refractivity contribution < 1.29 is 33.7 Å². The first kappa shape index (κ1) is 36.2. The molecule has 264 valence electrons. The van der Waals surface area contributed by atoms with Crippen LogP contribution in [0.15, 0.2) is 70.9 Å². The summed E-state index contributed by atoms with van der Waals surface area (Å²) in [5.74, 6) is 1.08. The summed E-state index contributed by atoms with van der Waals surface area (Å²) in [5.41, 5.74) is 2.25. The maximum Gasteiger partial charge on any atom is 0.317 e. The molecule has 0 aliphatic heterocycles. The standard InChI is InChI=1S/C40H52N2O7/c1-26(2)41-38(45)42(24-29-13-15-31(47-5)23-36(29)48-6)25-40(46)19-17-34-32-16-12-28(22-33(32)37(44)35-10-8-20-49-35)21-30(43)14-11-27(3)9-7-18-39(34,40)4/h8-10,12-13,15-16,20,22-23,26,30,34,43,46H,7,11,14,17-19,21,24-25H2,1-6H3,(H,41,45). The average Bonchev–Trinajstić information content (AvgIpc) is 3.70. The predicted octanol–water partition coefficient (Wildman–Crippen LogP) is 7.19. The van der Waals surface area contributed by atoms with Gasteiger partial charge in [-0.25, -0.2) is 4.79 Å². The highest BCUT2D eigenvalue weighted by atomic mass is 16.5. The SMILES string of the molecule is COc1ccc(CN(CC2(O)CCC3c4ccc(cc4C(=O)c4ccco4)CC(O)CCC(C)=CCCC32C)C(=O)NC(C)C)c(OC)c1. The van der Waals surface area contributed by atoms with Crippen LogP contribution >= 0.6 is 0 Å². The van der Waals surface area contributed by atoms with Crippen molar-refractivity contribution in [3.8, 4) is 11.5 Å². The minimum absolute atomic E-state index is 0.0855. The van der Waals surface area contributed by atoms with Gasteiger partial charge in [-0.05, 0) is 113 Å². The number of carbonyl (C=O) groups excluding carboxylic acids is 2.